The van der Waals surface area contributed by atoms with Gasteiger partial charge < -0.3 is 33.3 Å². The highest BCUT2D eigenvalue weighted by atomic mass is 16.7. The third-order valence-corrected chi connectivity index (χ3v) is 6.67. The van der Waals surface area contributed by atoms with Crippen LogP contribution in [0.5, 0.6) is 11.5 Å². The third-order valence-electron chi connectivity index (χ3n) is 6.67. The number of carbonyl (C=O) groups is 2. The van der Waals surface area contributed by atoms with Crippen LogP contribution in [0.15, 0.2) is 42.5 Å². The minimum absolute atomic E-state index is 0.0121. The molecule has 15 nitrogen and oxygen atoms in total. The fourth-order valence-electron chi connectivity index (χ4n) is 4.62. The second-order valence-electron chi connectivity index (χ2n) is 9.72. The molecule has 0 aliphatic carbocycles. The Morgan fingerprint density at radius 3 is 1.63 bits per heavy atom. The van der Waals surface area contributed by atoms with Crippen molar-refractivity contribution in [2.75, 3.05) is 54.0 Å². The van der Waals surface area contributed by atoms with E-state index in [0.29, 0.717) is 17.8 Å². The van der Waals surface area contributed by atoms with Crippen LogP contribution in [0, 0.1) is 41.0 Å². The highest BCUT2D eigenvalue weighted by Crippen LogP contribution is 2.40. The molecular weight excluding hydrogens is 606 g/mol. The summed E-state index contributed by atoms with van der Waals surface area (Å²) in [6.45, 7) is 4.83. The fraction of sp³-hybridized carbons (Fsp3) is 0.355. The summed E-state index contributed by atoms with van der Waals surface area (Å²) in [5.41, 5.74) is 1.88. The van der Waals surface area contributed by atoms with Gasteiger partial charge in [-0.3, -0.25) is 20.2 Å². The number of esters is 2. The topological polar surface area (TPSA) is 179 Å². The van der Waals surface area contributed by atoms with E-state index < -0.39 is 21.8 Å². The molecule has 3 rings (SSSR count). The molecule has 248 valence electrons. The van der Waals surface area contributed by atoms with Gasteiger partial charge >= 0.3 is 11.9 Å². The summed E-state index contributed by atoms with van der Waals surface area (Å²) in [5.74, 6) is -1.03. The SMILES string of the molecule is COCOc1cc(C)c([N+](=O)[O-])c(C)c1C(=O)OC.COCOc1cc(N(C)Cc2ccccc2)c([N+](=O)[O-])c(C)c1C(=O)OC. The molecule has 0 radical (unpaired) electrons. The molecule has 0 bridgehead atoms. The van der Waals surface area contributed by atoms with Gasteiger partial charge in [0, 0.05) is 50.6 Å². The van der Waals surface area contributed by atoms with Gasteiger partial charge in [0.15, 0.2) is 13.6 Å². The predicted octanol–water partition coefficient (Wildman–Crippen LogP) is 5.29. The van der Waals surface area contributed by atoms with Crippen LogP contribution in [0.1, 0.15) is 43.0 Å². The number of methoxy groups -OCH3 is 4. The first-order valence-electron chi connectivity index (χ1n) is 13.6. The van der Waals surface area contributed by atoms with Crippen LogP contribution < -0.4 is 14.4 Å². The molecule has 0 aliphatic heterocycles. The van der Waals surface area contributed by atoms with Crippen LogP contribution in [-0.2, 0) is 25.5 Å². The molecule has 0 N–H and O–H groups in total. The van der Waals surface area contributed by atoms with Gasteiger partial charge in [0.05, 0.1) is 24.1 Å². The lowest BCUT2D eigenvalue weighted by Gasteiger charge is -2.22. The van der Waals surface area contributed by atoms with Gasteiger partial charge in [-0.05, 0) is 32.4 Å². The van der Waals surface area contributed by atoms with Crippen LogP contribution in [0.4, 0.5) is 17.1 Å². The number of nitrogens with zero attached hydrogens (tertiary/aromatic N) is 3. The number of ether oxygens (including phenoxy) is 6. The maximum atomic E-state index is 12.2. The van der Waals surface area contributed by atoms with E-state index in [4.69, 9.17) is 23.7 Å². The zero-order valence-corrected chi connectivity index (χ0v) is 26.9. The summed E-state index contributed by atoms with van der Waals surface area (Å²) in [7, 11) is 7.03. The van der Waals surface area contributed by atoms with Crippen molar-refractivity contribution < 1.29 is 47.9 Å². The number of anilines is 1. The molecule has 3 aromatic rings. The molecule has 0 atom stereocenters. The molecule has 0 spiro atoms. The Morgan fingerprint density at radius 1 is 0.739 bits per heavy atom. The van der Waals surface area contributed by atoms with Crippen LogP contribution >= 0.6 is 0 Å². The van der Waals surface area contributed by atoms with E-state index in [1.54, 1.807) is 18.9 Å². The van der Waals surface area contributed by atoms with Gasteiger partial charge in [-0.25, -0.2) is 9.59 Å². The number of hydrogen-bond donors (Lipinski definition) is 0. The molecule has 0 unspecified atom stereocenters. The van der Waals surface area contributed by atoms with E-state index in [0.717, 1.165) is 5.56 Å². The predicted molar refractivity (Wildman–Crippen MR) is 167 cm³/mol. The number of aryl methyl sites for hydroxylation is 1. The molecule has 0 heterocycles. The number of carbonyl (C=O) groups excluding carboxylic acids is 2. The third kappa shape index (κ3) is 8.89. The molecule has 0 saturated carbocycles. The standard InChI is InChI=1S/C19H22N2O6.C12H15NO6/c1-13-17(19(22)26-4)16(27-12-25-3)10-15(18(13)21(23)24)20(2)11-14-8-6-5-7-9-14;1-7-5-9(19-6-17-3)10(12(14)18-4)8(2)11(7)13(15)16/h5-10H,11-12H2,1-4H3;5H,6H2,1-4H3. The van der Waals surface area contributed by atoms with E-state index in [-0.39, 0.29) is 58.7 Å². The van der Waals surface area contributed by atoms with Gasteiger partial charge in [0.25, 0.3) is 11.4 Å². The number of benzene rings is 3. The molecule has 0 aromatic heterocycles. The molecule has 46 heavy (non-hydrogen) atoms. The van der Waals surface area contributed by atoms with Crippen LogP contribution in [0.3, 0.4) is 0 Å². The van der Waals surface area contributed by atoms with Crippen molar-refractivity contribution in [1.29, 1.82) is 0 Å². The van der Waals surface area contributed by atoms with Crippen molar-refractivity contribution in [2.45, 2.75) is 27.3 Å². The fourth-order valence-corrected chi connectivity index (χ4v) is 4.62. The zero-order chi connectivity index (χ0) is 34.6. The largest absolute Gasteiger partial charge is 0.467 e. The molecule has 3 aromatic carbocycles. The Morgan fingerprint density at radius 2 is 1.20 bits per heavy atom. The average molecular weight is 644 g/mol. The van der Waals surface area contributed by atoms with E-state index >= 15 is 0 Å². The van der Waals surface area contributed by atoms with Crippen LogP contribution in [-0.4, -0.2) is 70.9 Å². The van der Waals surface area contributed by atoms with Crippen molar-refractivity contribution in [3.05, 3.63) is 96.1 Å². The van der Waals surface area contributed by atoms with Crippen LogP contribution in [0.25, 0.3) is 0 Å². The van der Waals surface area contributed by atoms with E-state index in [1.807, 2.05) is 30.3 Å². The molecule has 15 heteroatoms. The Balaban J connectivity index is 0.000000341. The second-order valence-corrected chi connectivity index (χ2v) is 9.72. The minimum Gasteiger partial charge on any atom is -0.467 e. The highest BCUT2D eigenvalue weighted by molar-refractivity contribution is 5.97. The summed E-state index contributed by atoms with van der Waals surface area (Å²) in [4.78, 5) is 47.4. The average Bonchev–Trinajstić information content (AvgIpc) is 3.01. The van der Waals surface area contributed by atoms with Crippen LogP contribution in [0.2, 0.25) is 0 Å². The number of nitro benzene ring substituents is 2. The first-order valence-corrected chi connectivity index (χ1v) is 13.6. The Hall–Kier alpha value is -5.28. The van der Waals surface area contributed by atoms with Crippen molar-refractivity contribution >= 4 is 29.0 Å². The zero-order valence-electron chi connectivity index (χ0n) is 26.9. The molecular formula is C31H37N3O12. The number of nitro groups is 2. The second kappa shape index (κ2) is 17.3. The normalized spacial score (nSPS) is 10.3. The summed E-state index contributed by atoms with van der Waals surface area (Å²) in [6.07, 6.45) is 0. The first kappa shape index (κ1) is 36.9. The molecule has 0 amide bonds. The van der Waals surface area contributed by atoms with Crippen molar-refractivity contribution in [3.63, 3.8) is 0 Å². The Labute approximate surface area is 265 Å². The number of rotatable bonds is 13. The summed E-state index contributed by atoms with van der Waals surface area (Å²) < 4.78 is 29.8. The summed E-state index contributed by atoms with van der Waals surface area (Å²) in [6, 6.07) is 12.5. The van der Waals surface area contributed by atoms with Gasteiger partial charge in [-0.15, -0.1) is 0 Å². The van der Waals surface area contributed by atoms with Gasteiger partial charge in [-0.1, -0.05) is 30.3 Å². The Bertz CT molecular complexity index is 1560. The molecule has 0 saturated heterocycles. The van der Waals surface area contributed by atoms with Crippen molar-refractivity contribution in [3.8, 4) is 11.5 Å². The van der Waals surface area contributed by atoms with Crippen molar-refractivity contribution in [2.24, 2.45) is 0 Å². The van der Waals surface area contributed by atoms with Gasteiger partial charge in [0.2, 0.25) is 0 Å². The number of hydrogen-bond acceptors (Lipinski definition) is 13. The quantitative estimate of drug-likeness (QED) is 0.102. The summed E-state index contributed by atoms with van der Waals surface area (Å²) in [5, 5.41) is 22.8. The lowest BCUT2D eigenvalue weighted by atomic mass is 10.0. The maximum absolute atomic E-state index is 12.2. The lowest BCUT2D eigenvalue weighted by Crippen LogP contribution is -2.20. The molecule has 0 fully saturated rings. The summed E-state index contributed by atoms with van der Waals surface area (Å²) >= 11 is 0. The van der Waals surface area contributed by atoms with E-state index in [1.165, 1.54) is 54.4 Å². The first-order chi connectivity index (χ1) is 21.8. The smallest absolute Gasteiger partial charge is 0.342 e. The highest BCUT2D eigenvalue weighted by Gasteiger charge is 2.30. The van der Waals surface area contributed by atoms with Gasteiger partial charge in [0.1, 0.15) is 28.3 Å². The minimum atomic E-state index is -0.709. The van der Waals surface area contributed by atoms with E-state index in [9.17, 15) is 29.8 Å². The lowest BCUT2D eigenvalue weighted by molar-refractivity contribution is -0.386. The van der Waals surface area contributed by atoms with E-state index in [2.05, 4.69) is 4.74 Å². The van der Waals surface area contributed by atoms with Crippen molar-refractivity contribution in [1.82, 2.24) is 0 Å². The van der Waals surface area contributed by atoms with Gasteiger partial charge in [-0.2, -0.15) is 0 Å². The monoisotopic (exact) mass is 643 g/mol. The Kier molecular flexibility index (Phi) is 13.9. The molecule has 0 aliphatic rings. The maximum Gasteiger partial charge on any atom is 0.342 e.